The minimum absolute atomic E-state index is 0.0365. The topological polar surface area (TPSA) is 71.0 Å². The maximum Gasteiger partial charge on any atom is 0.244 e. The third-order valence-corrected chi connectivity index (χ3v) is 5.54. The van der Waals surface area contributed by atoms with Crippen LogP contribution in [0.15, 0.2) is 36.8 Å². The second-order valence-corrected chi connectivity index (χ2v) is 7.35. The van der Waals surface area contributed by atoms with Crippen molar-refractivity contribution >= 4 is 29.4 Å². The molecule has 1 saturated carbocycles. The molecule has 9 heteroatoms. The summed E-state index contributed by atoms with van der Waals surface area (Å²) in [5, 5.41) is 2.66. The van der Waals surface area contributed by atoms with Crippen molar-refractivity contribution in [1.29, 1.82) is 0 Å². The van der Waals surface area contributed by atoms with Gasteiger partial charge in [0.2, 0.25) is 11.2 Å². The number of carbonyl (C=O) groups excluding carboxylic acids is 1. The maximum atomic E-state index is 15.0. The summed E-state index contributed by atoms with van der Waals surface area (Å²) in [6.07, 6.45) is 7.60. The standard InChI is InChI=1S/C19H18ClF2N5O/c20-18-25-9-15(21)17(26-18)27-10-13-14(11-27)19(13,22)5-7-24-16(28)4-3-12-2-1-6-23-8-12/h1-4,6,8-9,13-14H,5,7,10-11H2,(H,24,28)/b4-3+/t13-,14+,19?. The first-order chi connectivity index (χ1) is 13.5. The number of anilines is 1. The van der Waals surface area contributed by atoms with Crippen molar-refractivity contribution in [3.63, 3.8) is 0 Å². The van der Waals surface area contributed by atoms with Crippen molar-refractivity contribution in [2.75, 3.05) is 24.5 Å². The van der Waals surface area contributed by atoms with E-state index in [1.54, 1.807) is 29.4 Å². The summed E-state index contributed by atoms with van der Waals surface area (Å²) in [5.74, 6) is -1.12. The van der Waals surface area contributed by atoms with Gasteiger partial charge in [0, 0.05) is 49.9 Å². The van der Waals surface area contributed by atoms with Crippen LogP contribution in [0.3, 0.4) is 0 Å². The Hall–Kier alpha value is -2.61. The maximum absolute atomic E-state index is 15.0. The summed E-state index contributed by atoms with van der Waals surface area (Å²) >= 11 is 5.72. The van der Waals surface area contributed by atoms with Gasteiger partial charge in [-0.2, -0.15) is 4.98 Å². The van der Waals surface area contributed by atoms with E-state index in [-0.39, 0.29) is 41.8 Å². The van der Waals surface area contributed by atoms with Crippen LogP contribution in [0, 0.1) is 17.7 Å². The monoisotopic (exact) mass is 405 g/mol. The van der Waals surface area contributed by atoms with Gasteiger partial charge in [0.15, 0.2) is 11.6 Å². The summed E-state index contributed by atoms with van der Waals surface area (Å²) in [6.45, 7) is 0.994. The summed E-state index contributed by atoms with van der Waals surface area (Å²) in [7, 11) is 0. The number of aromatic nitrogens is 3. The molecule has 2 aromatic heterocycles. The van der Waals surface area contributed by atoms with E-state index in [1.807, 2.05) is 6.07 Å². The molecule has 0 bridgehead atoms. The molecule has 0 aromatic carbocycles. The number of amides is 1. The number of hydrogen-bond donors (Lipinski definition) is 1. The normalized spacial score (nSPS) is 25.8. The number of fused-ring (bicyclic) bond motifs is 1. The smallest absolute Gasteiger partial charge is 0.244 e. The van der Waals surface area contributed by atoms with Crippen LogP contribution in [0.25, 0.3) is 6.08 Å². The number of nitrogens with zero attached hydrogens (tertiary/aromatic N) is 4. The van der Waals surface area contributed by atoms with Gasteiger partial charge in [-0.05, 0) is 35.7 Å². The van der Waals surface area contributed by atoms with Gasteiger partial charge >= 0.3 is 0 Å². The third kappa shape index (κ3) is 3.69. The molecule has 146 valence electrons. The summed E-state index contributed by atoms with van der Waals surface area (Å²) in [5.41, 5.74) is -0.516. The van der Waals surface area contributed by atoms with E-state index < -0.39 is 11.5 Å². The van der Waals surface area contributed by atoms with E-state index in [1.165, 1.54) is 6.08 Å². The molecule has 4 rings (SSSR count). The Labute approximate surface area is 165 Å². The molecular formula is C19H18ClF2N5O. The zero-order chi connectivity index (χ0) is 19.7. The molecule has 6 nitrogen and oxygen atoms in total. The SMILES string of the molecule is O=C(/C=C/c1cccnc1)NCCC1(F)[C@@H]2CN(c3nc(Cl)ncc3F)C[C@@H]21. The fourth-order valence-electron chi connectivity index (χ4n) is 3.86. The lowest BCUT2D eigenvalue weighted by Crippen LogP contribution is -2.33. The highest BCUT2D eigenvalue weighted by Crippen LogP contribution is 2.60. The highest BCUT2D eigenvalue weighted by atomic mass is 35.5. The van der Waals surface area contributed by atoms with E-state index in [2.05, 4.69) is 20.3 Å². The van der Waals surface area contributed by atoms with Gasteiger partial charge in [0.25, 0.3) is 0 Å². The van der Waals surface area contributed by atoms with Gasteiger partial charge in [-0.15, -0.1) is 0 Å². The molecule has 1 aliphatic carbocycles. The Morgan fingerprint density at radius 3 is 2.89 bits per heavy atom. The molecule has 0 radical (unpaired) electrons. The van der Waals surface area contributed by atoms with E-state index in [0.29, 0.717) is 13.1 Å². The number of carbonyl (C=O) groups is 1. The number of piperidine rings is 1. The van der Waals surface area contributed by atoms with Crippen molar-refractivity contribution in [3.8, 4) is 0 Å². The van der Waals surface area contributed by atoms with Crippen molar-refractivity contribution in [1.82, 2.24) is 20.3 Å². The van der Waals surface area contributed by atoms with Crippen molar-refractivity contribution in [2.45, 2.75) is 12.1 Å². The fraction of sp³-hybridized carbons (Fsp3) is 0.368. The zero-order valence-corrected chi connectivity index (χ0v) is 15.6. The second-order valence-electron chi connectivity index (χ2n) is 7.02. The predicted molar refractivity (Wildman–Crippen MR) is 101 cm³/mol. The van der Waals surface area contributed by atoms with Crippen LogP contribution in [0.5, 0.6) is 0 Å². The Morgan fingerprint density at radius 2 is 2.18 bits per heavy atom. The Bertz CT molecular complexity index is 898. The minimum atomic E-state index is -1.33. The molecule has 0 spiro atoms. The Kier molecular flexibility index (Phi) is 4.97. The average Bonchev–Trinajstić information content (AvgIpc) is 3.04. The zero-order valence-electron chi connectivity index (χ0n) is 14.9. The van der Waals surface area contributed by atoms with Crippen molar-refractivity contribution in [2.24, 2.45) is 11.8 Å². The number of nitrogens with one attached hydrogen (secondary N) is 1. The Morgan fingerprint density at radius 1 is 1.39 bits per heavy atom. The van der Waals surface area contributed by atoms with Crippen LogP contribution in [-0.4, -0.2) is 46.2 Å². The first-order valence-electron chi connectivity index (χ1n) is 8.95. The lowest BCUT2D eigenvalue weighted by atomic mass is 10.1. The van der Waals surface area contributed by atoms with Gasteiger partial charge in [0.1, 0.15) is 5.67 Å². The van der Waals surface area contributed by atoms with E-state index in [4.69, 9.17) is 11.6 Å². The van der Waals surface area contributed by atoms with Gasteiger partial charge < -0.3 is 10.2 Å². The quantitative estimate of drug-likeness (QED) is 0.591. The van der Waals surface area contributed by atoms with Crippen LogP contribution in [0.1, 0.15) is 12.0 Å². The van der Waals surface area contributed by atoms with Gasteiger partial charge in [-0.1, -0.05) is 6.07 Å². The van der Waals surface area contributed by atoms with E-state index in [9.17, 15) is 9.18 Å². The molecule has 2 aromatic rings. The molecule has 2 aliphatic rings. The number of pyridine rings is 1. The highest BCUT2D eigenvalue weighted by molar-refractivity contribution is 6.28. The molecule has 1 unspecified atom stereocenters. The molecule has 1 saturated heterocycles. The number of alkyl halides is 1. The van der Waals surface area contributed by atoms with Gasteiger partial charge in [-0.25, -0.2) is 13.8 Å². The van der Waals surface area contributed by atoms with E-state index >= 15 is 4.39 Å². The second kappa shape index (κ2) is 7.43. The molecule has 1 N–H and O–H groups in total. The van der Waals surface area contributed by atoms with Gasteiger partial charge in [-0.3, -0.25) is 9.78 Å². The van der Waals surface area contributed by atoms with Crippen LogP contribution in [-0.2, 0) is 4.79 Å². The molecule has 1 amide bonds. The van der Waals surface area contributed by atoms with Crippen molar-refractivity contribution < 1.29 is 13.6 Å². The lowest BCUT2D eigenvalue weighted by Gasteiger charge is -2.23. The predicted octanol–water partition coefficient (Wildman–Crippen LogP) is 2.66. The molecular weight excluding hydrogens is 388 g/mol. The number of rotatable bonds is 6. The highest BCUT2D eigenvalue weighted by Gasteiger charge is 2.69. The minimum Gasteiger partial charge on any atom is -0.353 e. The summed E-state index contributed by atoms with van der Waals surface area (Å²) in [4.78, 5) is 25.0. The molecule has 3 heterocycles. The first kappa shape index (κ1) is 18.7. The molecule has 3 atom stereocenters. The number of halogens is 3. The summed E-state index contributed by atoms with van der Waals surface area (Å²) < 4.78 is 28.9. The number of hydrogen-bond acceptors (Lipinski definition) is 5. The first-order valence-corrected chi connectivity index (χ1v) is 9.33. The average molecular weight is 406 g/mol. The van der Waals surface area contributed by atoms with Crippen LogP contribution >= 0.6 is 11.6 Å². The van der Waals surface area contributed by atoms with Crippen molar-refractivity contribution in [3.05, 3.63) is 53.5 Å². The third-order valence-electron chi connectivity index (χ3n) is 5.36. The fourth-order valence-corrected chi connectivity index (χ4v) is 3.99. The largest absolute Gasteiger partial charge is 0.353 e. The molecule has 1 aliphatic heterocycles. The van der Waals surface area contributed by atoms with Crippen LogP contribution in [0.4, 0.5) is 14.6 Å². The molecule has 28 heavy (non-hydrogen) atoms. The van der Waals surface area contributed by atoms with Crippen LogP contribution in [0.2, 0.25) is 5.28 Å². The van der Waals surface area contributed by atoms with E-state index in [0.717, 1.165) is 11.8 Å². The van der Waals surface area contributed by atoms with Crippen LogP contribution < -0.4 is 10.2 Å². The summed E-state index contributed by atoms with van der Waals surface area (Å²) in [6, 6.07) is 3.61. The lowest BCUT2D eigenvalue weighted by molar-refractivity contribution is -0.116. The molecule has 2 fully saturated rings. The van der Waals surface area contributed by atoms with Gasteiger partial charge in [0.05, 0.1) is 6.20 Å². The Balaban J connectivity index is 1.25.